The van der Waals surface area contributed by atoms with Gasteiger partial charge in [0, 0.05) is 0 Å². The van der Waals surface area contributed by atoms with E-state index in [4.69, 9.17) is 10.2 Å². The highest BCUT2D eigenvalue weighted by molar-refractivity contribution is 5.55. The number of nitrogens with zero attached hydrogens (tertiary/aromatic N) is 1. The van der Waals surface area contributed by atoms with Gasteiger partial charge in [0.2, 0.25) is 11.6 Å². The summed E-state index contributed by atoms with van der Waals surface area (Å²) in [5, 5.41) is 27.8. The van der Waals surface area contributed by atoms with Crippen LogP contribution in [0.5, 0.6) is 11.5 Å². The molecule has 2 N–H and O–H groups in total. The number of phenolic OH excluding ortho intramolecular Hbond substituents is 2. The highest BCUT2D eigenvalue weighted by atomic mass is 19.1. The number of nitro benzene ring substituents is 1. The summed E-state index contributed by atoms with van der Waals surface area (Å²) in [6.07, 6.45) is 0. The van der Waals surface area contributed by atoms with Crippen LogP contribution in [0.2, 0.25) is 0 Å². The van der Waals surface area contributed by atoms with Gasteiger partial charge >= 0.3 is 5.69 Å². The van der Waals surface area contributed by atoms with Crippen molar-refractivity contribution in [3.8, 4) is 11.5 Å². The van der Waals surface area contributed by atoms with E-state index in [-0.39, 0.29) is 0 Å². The smallest absolute Gasteiger partial charge is 0.314 e. The average Bonchev–Trinajstić information content (AvgIpc) is 2.11. The highest BCUT2D eigenvalue weighted by Crippen LogP contribution is 2.39. The quantitative estimate of drug-likeness (QED) is 0.414. The zero-order valence-electron chi connectivity index (χ0n) is 6.91. The lowest BCUT2D eigenvalue weighted by molar-refractivity contribution is -0.388. The Morgan fingerprint density at radius 2 is 1.64 bits per heavy atom. The van der Waals surface area contributed by atoms with Crippen molar-refractivity contribution in [2.24, 2.45) is 0 Å². The molecule has 0 amide bonds. The third-order valence-electron chi connectivity index (χ3n) is 1.72. The first-order chi connectivity index (χ1) is 6.37. The summed E-state index contributed by atoms with van der Waals surface area (Å²) in [5.74, 6) is -5.84. The van der Waals surface area contributed by atoms with Gasteiger partial charge < -0.3 is 10.2 Å². The van der Waals surface area contributed by atoms with Gasteiger partial charge in [-0.2, -0.15) is 4.39 Å². The number of nitro groups is 1. The van der Waals surface area contributed by atoms with Crippen LogP contribution in [0, 0.1) is 28.7 Å². The maximum Gasteiger partial charge on any atom is 0.314 e. The molecule has 0 bridgehead atoms. The van der Waals surface area contributed by atoms with Crippen LogP contribution in [-0.2, 0) is 0 Å². The minimum atomic E-state index is -1.65. The predicted octanol–water partition coefficient (Wildman–Crippen LogP) is 1.59. The molecular formula is C7H5F2NO4. The van der Waals surface area contributed by atoms with Crippen molar-refractivity contribution in [3.63, 3.8) is 0 Å². The first-order valence-corrected chi connectivity index (χ1v) is 3.41. The number of aromatic hydroxyl groups is 2. The molecule has 76 valence electrons. The topological polar surface area (TPSA) is 83.6 Å². The molecule has 0 heterocycles. The molecule has 1 aromatic rings. The van der Waals surface area contributed by atoms with Crippen molar-refractivity contribution in [1.82, 2.24) is 0 Å². The van der Waals surface area contributed by atoms with Crippen LogP contribution >= 0.6 is 0 Å². The first-order valence-electron chi connectivity index (χ1n) is 3.41. The normalized spacial score (nSPS) is 10.2. The molecule has 0 saturated heterocycles. The number of rotatable bonds is 1. The molecule has 0 fully saturated rings. The van der Waals surface area contributed by atoms with Gasteiger partial charge in [-0.1, -0.05) is 0 Å². The third-order valence-corrected chi connectivity index (χ3v) is 1.72. The average molecular weight is 205 g/mol. The summed E-state index contributed by atoms with van der Waals surface area (Å²) >= 11 is 0. The van der Waals surface area contributed by atoms with Gasteiger partial charge in [-0.05, 0) is 6.92 Å². The molecule has 1 rings (SSSR count). The molecule has 14 heavy (non-hydrogen) atoms. The van der Waals surface area contributed by atoms with E-state index < -0.39 is 39.3 Å². The fourth-order valence-electron chi connectivity index (χ4n) is 0.983. The van der Waals surface area contributed by atoms with Gasteiger partial charge in [-0.25, -0.2) is 4.39 Å². The van der Waals surface area contributed by atoms with Crippen molar-refractivity contribution in [2.45, 2.75) is 6.92 Å². The fourth-order valence-corrected chi connectivity index (χ4v) is 0.983. The van der Waals surface area contributed by atoms with E-state index in [1.165, 1.54) is 0 Å². The van der Waals surface area contributed by atoms with E-state index in [1.54, 1.807) is 0 Å². The number of phenols is 2. The lowest BCUT2D eigenvalue weighted by Crippen LogP contribution is -1.99. The Hall–Kier alpha value is -1.92. The minimum absolute atomic E-state index is 0.664. The molecule has 0 aliphatic rings. The van der Waals surface area contributed by atoms with Crippen LogP contribution in [0.15, 0.2) is 0 Å². The summed E-state index contributed by atoms with van der Waals surface area (Å²) in [6, 6.07) is 0. The SMILES string of the molecule is Cc1c(F)c(O)c(O)c(F)c1[N+](=O)[O-]. The molecule has 1 aromatic carbocycles. The molecule has 7 heteroatoms. The van der Waals surface area contributed by atoms with E-state index in [1.807, 2.05) is 0 Å². The lowest BCUT2D eigenvalue weighted by atomic mass is 10.1. The van der Waals surface area contributed by atoms with Crippen LogP contribution in [-0.4, -0.2) is 15.1 Å². The molecule has 5 nitrogen and oxygen atoms in total. The minimum Gasteiger partial charge on any atom is -0.502 e. The summed E-state index contributed by atoms with van der Waals surface area (Å²) in [6.45, 7) is 0.926. The zero-order chi connectivity index (χ0) is 11.0. The molecule has 0 saturated carbocycles. The van der Waals surface area contributed by atoms with Gasteiger partial charge in [0.25, 0.3) is 0 Å². The zero-order valence-corrected chi connectivity index (χ0v) is 6.91. The predicted molar refractivity (Wildman–Crippen MR) is 41.1 cm³/mol. The van der Waals surface area contributed by atoms with E-state index in [2.05, 4.69) is 0 Å². The second-order valence-electron chi connectivity index (χ2n) is 2.56. The highest BCUT2D eigenvalue weighted by Gasteiger charge is 2.29. The largest absolute Gasteiger partial charge is 0.502 e. The van der Waals surface area contributed by atoms with E-state index in [9.17, 15) is 18.9 Å². The number of hydrogen-bond acceptors (Lipinski definition) is 4. The molecule has 0 aliphatic heterocycles. The van der Waals surface area contributed by atoms with Crippen LogP contribution in [0.4, 0.5) is 14.5 Å². The molecule has 0 unspecified atom stereocenters. The van der Waals surface area contributed by atoms with Crippen molar-refractivity contribution in [2.75, 3.05) is 0 Å². The van der Waals surface area contributed by atoms with E-state index >= 15 is 0 Å². The second kappa shape index (κ2) is 3.09. The Morgan fingerprint density at radius 1 is 1.21 bits per heavy atom. The van der Waals surface area contributed by atoms with Crippen molar-refractivity contribution >= 4 is 5.69 Å². The molecule has 0 radical (unpaired) electrons. The summed E-state index contributed by atoms with van der Waals surface area (Å²) in [5.41, 5.74) is -1.85. The third kappa shape index (κ3) is 1.22. The second-order valence-corrected chi connectivity index (χ2v) is 2.56. The molecule has 0 spiro atoms. The number of benzene rings is 1. The number of hydrogen-bond donors (Lipinski definition) is 2. The Labute approximate surface area is 76.4 Å². The lowest BCUT2D eigenvalue weighted by Gasteiger charge is -2.04. The van der Waals surface area contributed by atoms with Gasteiger partial charge in [0.1, 0.15) is 0 Å². The van der Waals surface area contributed by atoms with Crippen molar-refractivity contribution in [1.29, 1.82) is 0 Å². The number of halogens is 2. The van der Waals surface area contributed by atoms with Gasteiger partial charge in [0.05, 0.1) is 10.5 Å². The summed E-state index contributed by atoms with van der Waals surface area (Å²) in [7, 11) is 0. The molecular weight excluding hydrogens is 200 g/mol. The van der Waals surface area contributed by atoms with Crippen LogP contribution in [0.25, 0.3) is 0 Å². The fraction of sp³-hybridized carbons (Fsp3) is 0.143. The van der Waals surface area contributed by atoms with Crippen LogP contribution < -0.4 is 0 Å². The molecule has 0 aromatic heterocycles. The Kier molecular flexibility index (Phi) is 2.24. The summed E-state index contributed by atoms with van der Waals surface area (Å²) < 4.78 is 25.8. The van der Waals surface area contributed by atoms with Gasteiger partial charge in [0.15, 0.2) is 11.6 Å². The summed E-state index contributed by atoms with van der Waals surface area (Å²) in [4.78, 5) is 9.09. The van der Waals surface area contributed by atoms with Crippen LogP contribution in [0.3, 0.4) is 0 Å². The van der Waals surface area contributed by atoms with E-state index in [0.29, 0.717) is 0 Å². The van der Waals surface area contributed by atoms with Gasteiger partial charge in [-0.15, -0.1) is 0 Å². The Bertz CT molecular complexity index is 390. The molecule has 0 aliphatic carbocycles. The van der Waals surface area contributed by atoms with Crippen LogP contribution in [0.1, 0.15) is 5.56 Å². The van der Waals surface area contributed by atoms with Crippen molar-refractivity contribution < 1.29 is 23.9 Å². The van der Waals surface area contributed by atoms with Crippen molar-refractivity contribution in [3.05, 3.63) is 27.3 Å². The molecule has 0 atom stereocenters. The standard InChI is InChI=1S/C7H5F2NO4/c1-2-3(8)6(11)7(12)4(9)5(2)10(13)14/h11-12H,1H3. The Morgan fingerprint density at radius 3 is 2.07 bits per heavy atom. The maximum absolute atomic E-state index is 12.9. The van der Waals surface area contributed by atoms with E-state index in [0.717, 1.165) is 6.92 Å². The maximum atomic E-state index is 12.9. The van der Waals surface area contributed by atoms with Gasteiger partial charge in [-0.3, -0.25) is 10.1 Å². The Balaban J connectivity index is 3.68. The monoisotopic (exact) mass is 205 g/mol. The first kappa shape index (κ1) is 10.2.